The number of hydrogen-bond donors (Lipinski definition) is 3. The van der Waals surface area contributed by atoms with E-state index < -0.39 is 12.1 Å². The fourth-order valence-corrected chi connectivity index (χ4v) is 5.04. The quantitative estimate of drug-likeness (QED) is 0.466. The largest absolute Gasteiger partial charge is 0.484 e. The van der Waals surface area contributed by atoms with Crippen molar-refractivity contribution in [3.05, 3.63) is 64.7 Å². The number of aryl methyl sites for hydroxylation is 1. The van der Waals surface area contributed by atoms with Gasteiger partial charge in [-0.05, 0) is 42.2 Å². The Labute approximate surface area is 212 Å². The van der Waals surface area contributed by atoms with E-state index in [9.17, 15) is 15.2 Å². The van der Waals surface area contributed by atoms with Gasteiger partial charge in [-0.15, -0.1) is 0 Å². The molecular formula is C28H35N3O5. The van der Waals surface area contributed by atoms with Crippen LogP contribution in [0, 0.1) is 11.3 Å². The zero-order valence-electron chi connectivity index (χ0n) is 21.0. The molecule has 1 amide bonds. The SMILES string of the molecule is CCc1ccc2c(c1)[C@@H](NC[C@@H](O)[C@H](Cc1cccc(C#N)c1)NC(=O)COC)C[C@@]1(CCOC1)O2. The number of aliphatic hydroxyl groups excluding tert-OH is 1. The van der Waals surface area contributed by atoms with E-state index in [1.807, 2.05) is 12.1 Å². The Morgan fingerprint density at radius 3 is 2.89 bits per heavy atom. The fourth-order valence-electron chi connectivity index (χ4n) is 5.04. The molecular weight excluding hydrogens is 458 g/mol. The summed E-state index contributed by atoms with van der Waals surface area (Å²) in [4.78, 5) is 12.3. The summed E-state index contributed by atoms with van der Waals surface area (Å²) in [6.07, 6.45) is 2.01. The van der Waals surface area contributed by atoms with Crippen molar-refractivity contribution in [3.8, 4) is 11.8 Å². The first kappa shape index (κ1) is 26.1. The van der Waals surface area contributed by atoms with Gasteiger partial charge in [-0.2, -0.15) is 5.26 Å². The van der Waals surface area contributed by atoms with Crippen LogP contribution in [0.25, 0.3) is 0 Å². The van der Waals surface area contributed by atoms with Gasteiger partial charge in [-0.1, -0.05) is 31.2 Å². The van der Waals surface area contributed by atoms with Crippen LogP contribution in [0.2, 0.25) is 0 Å². The Hall–Kier alpha value is -2.96. The lowest BCUT2D eigenvalue weighted by molar-refractivity contribution is -0.126. The van der Waals surface area contributed by atoms with E-state index in [1.165, 1.54) is 12.7 Å². The van der Waals surface area contributed by atoms with Crippen LogP contribution in [0.1, 0.15) is 48.1 Å². The summed E-state index contributed by atoms with van der Waals surface area (Å²) in [5.41, 5.74) is 3.34. The molecule has 0 radical (unpaired) electrons. The van der Waals surface area contributed by atoms with E-state index in [0.717, 1.165) is 36.1 Å². The van der Waals surface area contributed by atoms with Gasteiger partial charge >= 0.3 is 0 Å². The van der Waals surface area contributed by atoms with Crippen LogP contribution < -0.4 is 15.4 Å². The fraction of sp³-hybridized carbons (Fsp3) is 0.500. The van der Waals surface area contributed by atoms with Crippen molar-refractivity contribution in [2.24, 2.45) is 0 Å². The van der Waals surface area contributed by atoms with Crippen LogP contribution >= 0.6 is 0 Å². The van der Waals surface area contributed by atoms with Gasteiger partial charge in [-0.3, -0.25) is 4.79 Å². The Balaban J connectivity index is 1.51. The van der Waals surface area contributed by atoms with Gasteiger partial charge in [0.15, 0.2) is 0 Å². The van der Waals surface area contributed by atoms with Crippen LogP contribution in [-0.4, -0.2) is 62.2 Å². The summed E-state index contributed by atoms with van der Waals surface area (Å²) >= 11 is 0. The smallest absolute Gasteiger partial charge is 0.246 e. The predicted molar refractivity (Wildman–Crippen MR) is 135 cm³/mol. The lowest BCUT2D eigenvalue weighted by Gasteiger charge is -2.40. The molecule has 1 saturated heterocycles. The third-order valence-electron chi connectivity index (χ3n) is 7.00. The second-order valence-corrected chi connectivity index (χ2v) is 9.67. The van der Waals surface area contributed by atoms with Crippen molar-refractivity contribution in [2.45, 2.75) is 56.4 Å². The summed E-state index contributed by atoms with van der Waals surface area (Å²) in [5.74, 6) is 0.554. The van der Waals surface area contributed by atoms with Gasteiger partial charge in [0.25, 0.3) is 0 Å². The maximum absolute atomic E-state index is 12.3. The number of fused-ring (bicyclic) bond motifs is 1. The molecule has 36 heavy (non-hydrogen) atoms. The van der Waals surface area contributed by atoms with Crippen molar-refractivity contribution in [1.29, 1.82) is 5.26 Å². The average molecular weight is 494 g/mol. The molecule has 0 saturated carbocycles. The van der Waals surface area contributed by atoms with E-state index in [4.69, 9.17) is 14.2 Å². The molecule has 0 aliphatic carbocycles. The van der Waals surface area contributed by atoms with Crippen LogP contribution in [0.5, 0.6) is 5.75 Å². The molecule has 4 rings (SSSR count). The number of ether oxygens (including phenoxy) is 3. The topological polar surface area (TPSA) is 113 Å². The van der Waals surface area contributed by atoms with E-state index in [2.05, 4.69) is 35.8 Å². The van der Waals surface area contributed by atoms with Crippen molar-refractivity contribution >= 4 is 5.91 Å². The van der Waals surface area contributed by atoms with Crippen molar-refractivity contribution in [1.82, 2.24) is 10.6 Å². The molecule has 2 aliphatic rings. The average Bonchev–Trinajstić information content (AvgIpc) is 3.33. The first-order chi connectivity index (χ1) is 17.4. The highest BCUT2D eigenvalue weighted by Crippen LogP contribution is 2.43. The third kappa shape index (κ3) is 6.23. The van der Waals surface area contributed by atoms with Crippen LogP contribution in [-0.2, 0) is 27.1 Å². The monoisotopic (exact) mass is 493 g/mol. The molecule has 1 spiro atoms. The number of nitrogens with one attached hydrogen (secondary N) is 2. The molecule has 4 atom stereocenters. The predicted octanol–water partition coefficient (Wildman–Crippen LogP) is 2.43. The van der Waals surface area contributed by atoms with Gasteiger partial charge < -0.3 is 30.0 Å². The summed E-state index contributed by atoms with van der Waals surface area (Å²) < 4.78 is 17.1. The molecule has 0 aromatic heterocycles. The number of benzene rings is 2. The van der Waals surface area contributed by atoms with Crippen LogP contribution in [0.15, 0.2) is 42.5 Å². The standard InChI is InChI=1S/C28H35N3O5/c1-3-19-7-8-26-22(12-19)24(14-28(36-26)9-10-35-18-28)30-16-25(32)23(31-27(33)17-34-2)13-20-5-4-6-21(11-20)15-29/h4-8,11-12,23-25,30,32H,3,9-10,13-14,16-18H2,1-2H3,(H,31,33)/t23-,24-,25+,28+/m0/s1. The minimum absolute atomic E-state index is 0.0196. The number of nitriles is 1. The van der Waals surface area contributed by atoms with Crippen molar-refractivity contribution in [3.63, 3.8) is 0 Å². The first-order valence-corrected chi connectivity index (χ1v) is 12.5. The molecule has 8 heteroatoms. The highest BCUT2D eigenvalue weighted by molar-refractivity contribution is 5.77. The summed E-state index contributed by atoms with van der Waals surface area (Å²) in [7, 11) is 1.46. The Kier molecular flexibility index (Phi) is 8.60. The molecule has 2 heterocycles. The summed E-state index contributed by atoms with van der Waals surface area (Å²) in [5, 5.41) is 26.9. The lowest BCUT2D eigenvalue weighted by atomic mass is 9.85. The Morgan fingerprint density at radius 2 is 2.17 bits per heavy atom. The Bertz CT molecular complexity index is 1090. The lowest BCUT2D eigenvalue weighted by Crippen LogP contribution is -2.51. The zero-order chi connectivity index (χ0) is 25.5. The van der Waals surface area contributed by atoms with Crippen LogP contribution in [0.3, 0.4) is 0 Å². The van der Waals surface area contributed by atoms with Gasteiger partial charge in [0.05, 0.1) is 37.0 Å². The number of methoxy groups -OCH3 is 1. The molecule has 0 bridgehead atoms. The van der Waals surface area contributed by atoms with Gasteiger partial charge in [0.1, 0.15) is 18.0 Å². The van der Waals surface area contributed by atoms with Crippen LogP contribution in [0.4, 0.5) is 0 Å². The molecule has 2 aromatic carbocycles. The number of hydrogen-bond acceptors (Lipinski definition) is 7. The van der Waals surface area contributed by atoms with Gasteiger partial charge in [0.2, 0.25) is 5.91 Å². The minimum Gasteiger partial charge on any atom is -0.484 e. The Morgan fingerprint density at radius 1 is 1.31 bits per heavy atom. The summed E-state index contributed by atoms with van der Waals surface area (Å²) in [6.45, 7) is 3.52. The number of carbonyl (C=O) groups is 1. The van der Waals surface area contributed by atoms with E-state index in [1.54, 1.807) is 18.2 Å². The molecule has 1 fully saturated rings. The maximum Gasteiger partial charge on any atom is 0.246 e. The number of rotatable bonds is 10. The number of nitrogens with zero attached hydrogens (tertiary/aromatic N) is 1. The van der Waals surface area contributed by atoms with Gasteiger partial charge in [0, 0.05) is 38.1 Å². The molecule has 3 N–H and O–H groups in total. The first-order valence-electron chi connectivity index (χ1n) is 12.5. The minimum atomic E-state index is -0.868. The van der Waals surface area contributed by atoms with Crippen molar-refractivity contribution in [2.75, 3.05) is 33.5 Å². The zero-order valence-corrected chi connectivity index (χ0v) is 21.0. The van der Waals surface area contributed by atoms with E-state index in [0.29, 0.717) is 25.2 Å². The highest BCUT2D eigenvalue weighted by atomic mass is 16.6. The molecule has 192 valence electrons. The third-order valence-corrected chi connectivity index (χ3v) is 7.00. The van der Waals surface area contributed by atoms with Gasteiger partial charge in [-0.25, -0.2) is 0 Å². The number of amides is 1. The number of aliphatic hydroxyl groups is 1. The van der Waals surface area contributed by atoms with E-state index in [-0.39, 0.29) is 30.7 Å². The molecule has 0 unspecified atom stereocenters. The molecule has 2 aliphatic heterocycles. The molecule has 2 aromatic rings. The maximum atomic E-state index is 12.3. The highest BCUT2D eigenvalue weighted by Gasteiger charge is 2.44. The summed E-state index contributed by atoms with van der Waals surface area (Å²) in [6, 6.07) is 15.1. The normalized spacial score (nSPS) is 22.3. The van der Waals surface area contributed by atoms with Crippen molar-refractivity contribution < 1.29 is 24.1 Å². The molecule has 8 nitrogen and oxygen atoms in total. The second kappa shape index (κ2) is 11.8. The van der Waals surface area contributed by atoms with E-state index >= 15 is 0 Å². The number of carbonyl (C=O) groups excluding carboxylic acids is 1. The second-order valence-electron chi connectivity index (χ2n) is 9.67.